The summed E-state index contributed by atoms with van der Waals surface area (Å²) in [6.45, 7) is 4.80. The molecule has 0 bridgehead atoms. The Balaban J connectivity index is 1.51. The van der Waals surface area contributed by atoms with E-state index in [0.29, 0.717) is 18.7 Å². The maximum Gasteiger partial charge on any atom is 0.240 e. The van der Waals surface area contributed by atoms with Gasteiger partial charge < -0.3 is 4.57 Å². The Kier molecular flexibility index (Phi) is 8.17. The van der Waals surface area contributed by atoms with Crippen molar-refractivity contribution in [2.24, 2.45) is 0 Å². The Morgan fingerprint density at radius 3 is 2.20 bits per heavy atom. The number of benzene rings is 3. The molecule has 0 unspecified atom stereocenters. The first-order valence-corrected chi connectivity index (χ1v) is 13.7. The van der Waals surface area contributed by atoms with Crippen LogP contribution in [0.15, 0.2) is 108 Å². The molecular weight excluding hydrogens is 481 g/mol. The summed E-state index contributed by atoms with van der Waals surface area (Å²) in [6, 6.07) is 25.0. The molecule has 0 aliphatic heterocycles. The van der Waals surface area contributed by atoms with E-state index >= 15 is 0 Å². The molecule has 35 heavy (non-hydrogen) atoms. The summed E-state index contributed by atoms with van der Waals surface area (Å²) < 4.78 is 42.6. The molecule has 3 aromatic carbocycles. The average molecular weight is 508 g/mol. The molecule has 0 saturated carbocycles. The van der Waals surface area contributed by atoms with Gasteiger partial charge in [-0.2, -0.15) is 0 Å². The average Bonchev–Trinajstić information content (AvgIpc) is 3.23. The number of rotatable bonds is 11. The minimum Gasteiger partial charge on any atom is -0.315 e. The Hall–Kier alpha value is -3.20. The fourth-order valence-corrected chi connectivity index (χ4v) is 5.69. The summed E-state index contributed by atoms with van der Waals surface area (Å²) in [6.07, 6.45) is 2.46. The third-order valence-corrected chi connectivity index (χ3v) is 7.85. The van der Waals surface area contributed by atoms with Gasteiger partial charge in [0.1, 0.15) is 5.82 Å². The molecule has 0 aliphatic carbocycles. The lowest BCUT2D eigenvalue weighted by Crippen LogP contribution is -2.25. The third kappa shape index (κ3) is 6.08. The first-order valence-electron chi connectivity index (χ1n) is 11.2. The highest BCUT2D eigenvalue weighted by molar-refractivity contribution is 7.99. The molecule has 1 heterocycles. The van der Waals surface area contributed by atoms with Gasteiger partial charge in [0.25, 0.3) is 0 Å². The van der Waals surface area contributed by atoms with Gasteiger partial charge in [-0.15, -0.1) is 6.58 Å². The van der Waals surface area contributed by atoms with Crippen LogP contribution in [0.3, 0.4) is 0 Å². The predicted octanol–water partition coefficient (Wildman–Crippen LogP) is 6.00. The van der Waals surface area contributed by atoms with Crippen molar-refractivity contribution in [1.29, 1.82) is 0 Å². The molecule has 5 nitrogen and oxygen atoms in total. The summed E-state index contributed by atoms with van der Waals surface area (Å²) >= 11 is 1.58. The number of nitrogens with zero attached hydrogens (tertiary/aromatic N) is 2. The van der Waals surface area contributed by atoms with Gasteiger partial charge in [0.15, 0.2) is 5.16 Å². The number of thioether (sulfide) groups is 1. The predicted molar refractivity (Wildman–Crippen MR) is 140 cm³/mol. The smallest absolute Gasteiger partial charge is 0.240 e. The first-order chi connectivity index (χ1) is 17.0. The van der Waals surface area contributed by atoms with Crippen LogP contribution < -0.4 is 4.72 Å². The molecule has 0 aliphatic rings. The summed E-state index contributed by atoms with van der Waals surface area (Å²) in [7, 11) is -3.67. The van der Waals surface area contributed by atoms with E-state index in [4.69, 9.17) is 4.98 Å². The molecule has 0 saturated heterocycles. The number of halogens is 1. The fraction of sp³-hybridized carbons (Fsp3) is 0.148. The largest absolute Gasteiger partial charge is 0.315 e. The van der Waals surface area contributed by atoms with Crippen LogP contribution in [0.25, 0.3) is 22.5 Å². The monoisotopic (exact) mass is 507 g/mol. The number of hydrogen-bond donors (Lipinski definition) is 1. The van der Waals surface area contributed by atoms with Crippen LogP contribution in [0, 0.1) is 5.82 Å². The summed E-state index contributed by atoms with van der Waals surface area (Å²) in [4.78, 5) is 5.03. The van der Waals surface area contributed by atoms with Gasteiger partial charge in [-0.25, -0.2) is 22.5 Å². The van der Waals surface area contributed by atoms with E-state index in [0.717, 1.165) is 39.8 Å². The van der Waals surface area contributed by atoms with Crippen molar-refractivity contribution in [3.63, 3.8) is 0 Å². The molecular formula is C27H26FN3O2S2. The minimum absolute atomic E-state index is 0.0492. The topological polar surface area (TPSA) is 64.0 Å². The van der Waals surface area contributed by atoms with E-state index in [2.05, 4.69) is 28.0 Å². The maximum atomic E-state index is 13.1. The van der Waals surface area contributed by atoms with Crippen molar-refractivity contribution in [1.82, 2.24) is 14.3 Å². The van der Waals surface area contributed by atoms with Crippen molar-refractivity contribution in [2.45, 2.75) is 23.0 Å². The van der Waals surface area contributed by atoms with Crippen molar-refractivity contribution >= 4 is 21.8 Å². The number of hydrogen-bond acceptors (Lipinski definition) is 4. The van der Waals surface area contributed by atoms with Crippen molar-refractivity contribution in [2.75, 3.05) is 12.3 Å². The molecule has 1 aromatic heterocycles. The van der Waals surface area contributed by atoms with Gasteiger partial charge in [0, 0.05) is 30.0 Å². The van der Waals surface area contributed by atoms with E-state index in [1.54, 1.807) is 11.8 Å². The van der Waals surface area contributed by atoms with Crippen LogP contribution in [0.5, 0.6) is 0 Å². The molecule has 0 atom stereocenters. The molecule has 0 amide bonds. The van der Waals surface area contributed by atoms with Crippen LogP contribution in [0.4, 0.5) is 4.39 Å². The number of sulfonamides is 1. The van der Waals surface area contributed by atoms with Crippen molar-refractivity contribution in [3.8, 4) is 22.5 Å². The van der Waals surface area contributed by atoms with E-state index in [1.165, 1.54) is 12.1 Å². The van der Waals surface area contributed by atoms with Crippen LogP contribution >= 0.6 is 11.8 Å². The lowest BCUT2D eigenvalue weighted by molar-refractivity contribution is 0.580. The minimum atomic E-state index is -3.67. The molecule has 1 N–H and O–H groups in total. The first kappa shape index (κ1) is 24.9. The molecule has 0 spiro atoms. The zero-order chi connectivity index (χ0) is 24.7. The summed E-state index contributed by atoms with van der Waals surface area (Å²) in [5, 5.41) is 0.851. The Morgan fingerprint density at radius 1 is 0.943 bits per heavy atom. The molecule has 4 aromatic rings. The lowest BCUT2D eigenvalue weighted by atomic mass is 10.0. The number of imidazole rings is 1. The summed E-state index contributed by atoms with van der Waals surface area (Å²) in [5.41, 5.74) is 4.03. The second-order valence-corrected chi connectivity index (χ2v) is 10.6. The second kappa shape index (κ2) is 11.5. The van der Waals surface area contributed by atoms with Gasteiger partial charge in [-0.1, -0.05) is 78.5 Å². The van der Waals surface area contributed by atoms with E-state index in [-0.39, 0.29) is 11.4 Å². The number of aromatic nitrogens is 2. The Labute approximate surface area is 209 Å². The maximum absolute atomic E-state index is 13.1. The van der Waals surface area contributed by atoms with Gasteiger partial charge in [-0.05, 0) is 30.7 Å². The highest BCUT2D eigenvalue weighted by Crippen LogP contribution is 2.36. The second-order valence-electron chi connectivity index (χ2n) is 7.78. The van der Waals surface area contributed by atoms with Crippen molar-refractivity contribution < 1.29 is 12.8 Å². The van der Waals surface area contributed by atoms with Gasteiger partial charge in [0.05, 0.1) is 16.3 Å². The third-order valence-electron chi connectivity index (χ3n) is 5.31. The fourth-order valence-electron chi connectivity index (χ4n) is 3.67. The summed E-state index contributed by atoms with van der Waals surface area (Å²) in [5.74, 6) is 0.197. The van der Waals surface area contributed by atoms with Crippen LogP contribution in [0.2, 0.25) is 0 Å². The molecule has 0 radical (unpaired) electrons. The normalized spacial score (nSPS) is 11.5. The molecule has 0 fully saturated rings. The lowest BCUT2D eigenvalue weighted by Gasteiger charge is -2.11. The van der Waals surface area contributed by atoms with Gasteiger partial charge >= 0.3 is 0 Å². The molecule has 8 heteroatoms. The zero-order valence-electron chi connectivity index (χ0n) is 19.1. The Bertz CT molecular complexity index is 1370. The van der Waals surface area contributed by atoms with E-state index in [1.807, 2.05) is 54.6 Å². The van der Waals surface area contributed by atoms with Crippen LogP contribution in [-0.4, -0.2) is 30.3 Å². The van der Waals surface area contributed by atoms with E-state index < -0.39 is 15.8 Å². The van der Waals surface area contributed by atoms with E-state index in [9.17, 15) is 12.8 Å². The SMILES string of the molecule is C=CCn1c(SCCCNS(=O)(=O)c2ccc(F)cc2)nc(-c2ccccc2)c1-c1ccccc1. The number of allylic oxidation sites excluding steroid dienone is 1. The van der Waals surface area contributed by atoms with Crippen LogP contribution in [0.1, 0.15) is 6.42 Å². The highest BCUT2D eigenvalue weighted by atomic mass is 32.2. The standard InChI is InChI=1S/C27H26FN3O2S2/c1-2-19-31-26(22-12-7-4-8-13-22)25(21-10-5-3-6-11-21)30-27(31)34-20-9-18-29-35(32,33)24-16-14-23(28)15-17-24/h2-8,10-17,29H,1,9,18-20H2. The van der Waals surface area contributed by atoms with Gasteiger partial charge in [-0.3, -0.25) is 0 Å². The van der Waals surface area contributed by atoms with Crippen molar-refractivity contribution in [3.05, 3.63) is 103 Å². The zero-order valence-corrected chi connectivity index (χ0v) is 20.7. The van der Waals surface area contributed by atoms with Gasteiger partial charge in [0.2, 0.25) is 10.0 Å². The highest BCUT2D eigenvalue weighted by Gasteiger charge is 2.20. The molecule has 180 valence electrons. The quantitative estimate of drug-likeness (QED) is 0.154. The number of nitrogens with one attached hydrogen (secondary N) is 1. The van der Waals surface area contributed by atoms with Crippen LogP contribution in [-0.2, 0) is 16.6 Å². The molecule has 4 rings (SSSR count). The Morgan fingerprint density at radius 2 is 1.57 bits per heavy atom.